The van der Waals surface area contributed by atoms with Crippen LogP contribution < -0.4 is 10.6 Å². The van der Waals surface area contributed by atoms with E-state index in [1.54, 1.807) is 14.2 Å². The Kier molecular flexibility index (Phi) is 7.81. The molecule has 5 heteroatoms. The summed E-state index contributed by atoms with van der Waals surface area (Å²) in [5.41, 5.74) is 1.09. The van der Waals surface area contributed by atoms with Crippen LogP contribution in [0.3, 0.4) is 0 Å². The number of carbonyl (C=O) groups is 1. The predicted octanol–water partition coefficient (Wildman–Crippen LogP) is 0.554. The highest BCUT2D eigenvalue weighted by Gasteiger charge is 2.07. The standard InChI is InChI=1S/C14H22N2O3/c1-18-11-13(19-2)9-15-10-14(17)16-8-12-6-4-3-5-7-12/h3-7,13,15H,8-11H2,1-2H3,(H,16,17). The van der Waals surface area contributed by atoms with Gasteiger partial charge in [-0.2, -0.15) is 0 Å². The molecule has 0 radical (unpaired) electrons. The van der Waals surface area contributed by atoms with Gasteiger partial charge in [0.1, 0.15) is 0 Å². The Balaban J connectivity index is 2.14. The van der Waals surface area contributed by atoms with Crippen LogP contribution in [0.4, 0.5) is 0 Å². The number of nitrogens with one attached hydrogen (secondary N) is 2. The van der Waals surface area contributed by atoms with Crippen molar-refractivity contribution < 1.29 is 14.3 Å². The van der Waals surface area contributed by atoms with Gasteiger partial charge in [0.2, 0.25) is 5.91 Å². The summed E-state index contributed by atoms with van der Waals surface area (Å²) in [7, 11) is 3.25. The first-order valence-corrected chi connectivity index (χ1v) is 6.29. The van der Waals surface area contributed by atoms with Crippen LogP contribution in [0.2, 0.25) is 0 Å². The molecule has 1 atom stereocenters. The SMILES string of the molecule is COCC(CNCC(=O)NCc1ccccc1)OC. The minimum Gasteiger partial charge on any atom is -0.382 e. The number of hydrogen-bond donors (Lipinski definition) is 2. The summed E-state index contributed by atoms with van der Waals surface area (Å²) in [6, 6.07) is 9.81. The lowest BCUT2D eigenvalue weighted by Gasteiger charge is -2.14. The lowest BCUT2D eigenvalue weighted by molar-refractivity contribution is -0.120. The first-order chi connectivity index (χ1) is 9.26. The number of amides is 1. The van der Waals surface area contributed by atoms with Crippen molar-refractivity contribution in [1.29, 1.82) is 0 Å². The normalized spacial score (nSPS) is 12.1. The highest BCUT2D eigenvalue weighted by atomic mass is 16.5. The topological polar surface area (TPSA) is 59.6 Å². The summed E-state index contributed by atoms with van der Waals surface area (Å²) in [6.07, 6.45) is -0.0353. The zero-order valence-electron chi connectivity index (χ0n) is 11.5. The maximum absolute atomic E-state index is 11.6. The van der Waals surface area contributed by atoms with Crippen molar-refractivity contribution in [2.24, 2.45) is 0 Å². The third kappa shape index (κ3) is 6.91. The lowest BCUT2D eigenvalue weighted by Crippen LogP contribution is -2.38. The van der Waals surface area contributed by atoms with E-state index in [0.29, 0.717) is 19.7 Å². The van der Waals surface area contributed by atoms with E-state index in [4.69, 9.17) is 9.47 Å². The molecule has 0 saturated carbocycles. The molecule has 1 amide bonds. The van der Waals surface area contributed by atoms with Gasteiger partial charge in [0, 0.05) is 27.3 Å². The van der Waals surface area contributed by atoms with Gasteiger partial charge in [-0.25, -0.2) is 0 Å². The Hall–Kier alpha value is -1.43. The van der Waals surface area contributed by atoms with Gasteiger partial charge in [-0.05, 0) is 5.56 Å². The van der Waals surface area contributed by atoms with E-state index in [9.17, 15) is 4.79 Å². The van der Waals surface area contributed by atoms with Crippen LogP contribution >= 0.6 is 0 Å². The molecule has 1 unspecified atom stereocenters. The van der Waals surface area contributed by atoms with Crippen LogP contribution in [-0.2, 0) is 20.8 Å². The number of methoxy groups -OCH3 is 2. The quantitative estimate of drug-likeness (QED) is 0.685. The van der Waals surface area contributed by atoms with Crippen LogP contribution in [0.15, 0.2) is 30.3 Å². The van der Waals surface area contributed by atoms with Crippen LogP contribution in [0.25, 0.3) is 0 Å². The van der Waals surface area contributed by atoms with Crippen LogP contribution in [0.5, 0.6) is 0 Å². The Morgan fingerprint density at radius 3 is 2.63 bits per heavy atom. The predicted molar refractivity (Wildman–Crippen MR) is 73.8 cm³/mol. The van der Waals surface area contributed by atoms with Gasteiger partial charge in [-0.1, -0.05) is 30.3 Å². The molecule has 0 heterocycles. The summed E-state index contributed by atoms with van der Waals surface area (Å²) in [5.74, 6) is -0.0314. The molecule has 106 valence electrons. The molecule has 0 fully saturated rings. The van der Waals surface area contributed by atoms with Gasteiger partial charge in [0.15, 0.2) is 0 Å². The van der Waals surface area contributed by atoms with E-state index in [0.717, 1.165) is 5.56 Å². The molecule has 0 aliphatic carbocycles. The van der Waals surface area contributed by atoms with Crippen LogP contribution in [0.1, 0.15) is 5.56 Å². The summed E-state index contributed by atoms with van der Waals surface area (Å²) in [6.45, 7) is 1.92. The summed E-state index contributed by atoms with van der Waals surface area (Å²) in [5, 5.41) is 5.89. The second kappa shape index (κ2) is 9.49. The van der Waals surface area contributed by atoms with Gasteiger partial charge in [0.25, 0.3) is 0 Å². The van der Waals surface area contributed by atoms with Crippen LogP contribution in [-0.4, -0.2) is 45.9 Å². The molecule has 0 aliphatic rings. The van der Waals surface area contributed by atoms with Crippen molar-refractivity contribution in [3.05, 3.63) is 35.9 Å². The average molecular weight is 266 g/mol. The Morgan fingerprint density at radius 1 is 1.26 bits per heavy atom. The minimum atomic E-state index is -0.0353. The highest BCUT2D eigenvalue weighted by molar-refractivity contribution is 5.77. The van der Waals surface area contributed by atoms with Gasteiger partial charge in [0.05, 0.1) is 19.3 Å². The highest BCUT2D eigenvalue weighted by Crippen LogP contribution is 1.96. The van der Waals surface area contributed by atoms with Crippen molar-refractivity contribution in [3.63, 3.8) is 0 Å². The van der Waals surface area contributed by atoms with E-state index < -0.39 is 0 Å². The fraction of sp³-hybridized carbons (Fsp3) is 0.500. The molecule has 0 aromatic heterocycles. The first kappa shape index (κ1) is 15.6. The van der Waals surface area contributed by atoms with Crippen molar-refractivity contribution in [1.82, 2.24) is 10.6 Å². The van der Waals surface area contributed by atoms with E-state index in [2.05, 4.69) is 10.6 Å². The van der Waals surface area contributed by atoms with Crippen molar-refractivity contribution >= 4 is 5.91 Å². The lowest BCUT2D eigenvalue weighted by atomic mass is 10.2. The van der Waals surface area contributed by atoms with Gasteiger partial charge in [-0.3, -0.25) is 4.79 Å². The first-order valence-electron chi connectivity index (χ1n) is 6.29. The minimum absolute atomic E-state index is 0.0314. The summed E-state index contributed by atoms with van der Waals surface area (Å²) < 4.78 is 10.2. The largest absolute Gasteiger partial charge is 0.382 e. The second-order valence-electron chi connectivity index (χ2n) is 4.21. The Bertz CT molecular complexity index is 357. The van der Waals surface area contributed by atoms with E-state index in [1.807, 2.05) is 30.3 Å². The molecule has 0 aliphatic heterocycles. The molecule has 1 aromatic carbocycles. The van der Waals surface area contributed by atoms with E-state index in [1.165, 1.54) is 0 Å². The van der Waals surface area contributed by atoms with Gasteiger partial charge < -0.3 is 20.1 Å². The molecular formula is C14H22N2O3. The van der Waals surface area contributed by atoms with Crippen molar-refractivity contribution in [3.8, 4) is 0 Å². The monoisotopic (exact) mass is 266 g/mol. The zero-order valence-corrected chi connectivity index (χ0v) is 11.5. The molecule has 0 spiro atoms. The fourth-order valence-electron chi connectivity index (χ4n) is 1.60. The molecule has 0 bridgehead atoms. The van der Waals surface area contributed by atoms with E-state index >= 15 is 0 Å². The molecule has 19 heavy (non-hydrogen) atoms. The van der Waals surface area contributed by atoms with Gasteiger partial charge >= 0.3 is 0 Å². The smallest absolute Gasteiger partial charge is 0.234 e. The van der Waals surface area contributed by atoms with Gasteiger partial charge in [-0.15, -0.1) is 0 Å². The molecule has 2 N–H and O–H groups in total. The van der Waals surface area contributed by atoms with E-state index in [-0.39, 0.29) is 18.6 Å². The number of ether oxygens (including phenoxy) is 2. The zero-order chi connectivity index (χ0) is 13.9. The van der Waals surface area contributed by atoms with Crippen molar-refractivity contribution in [2.75, 3.05) is 33.9 Å². The summed E-state index contributed by atoms with van der Waals surface area (Å²) in [4.78, 5) is 11.6. The number of hydrogen-bond acceptors (Lipinski definition) is 4. The number of rotatable bonds is 9. The van der Waals surface area contributed by atoms with Crippen molar-refractivity contribution in [2.45, 2.75) is 12.6 Å². The Labute approximate surface area is 114 Å². The average Bonchev–Trinajstić information content (AvgIpc) is 2.45. The summed E-state index contributed by atoms with van der Waals surface area (Å²) >= 11 is 0. The third-order valence-corrected chi connectivity index (χ3v) is 2.68. The molecule has 5 nitrogen and oxygen atoms in total. The fourth-order valence-corrected chi connectivity index (χ4v) is 1.60. The molecule has 1 rings (SSSR count). The number of carbonyl (C=O) groups excluding carboxylic acids is 1. The number of benzene rings is 1. The molecule has 1 aromatic rings. The third-order valence-electron chi connectivity index (χ3n) is 2.68. The Morgan fingerprint density at radius 2 is 2.00 bits per heavy atom. The molecular weight excluding hydrogens is 244 g/mol. The van der Waals surface area contributed by atoms with Crippen LogP contribution in [0, 0.1) is 0 Å². The second-order valence-corrected chi connectivity index (χ2v) is 4.21. The molecule has 0 saturated heterocycles. The maximum atomic E-state index is 11.6. The maximum Gasteiger partial charge on any atom is 0.234 e.